The number of hydrogen-bond donors (Lipinski definition) is 0. The van der Waals surface area contributed by atoms with Gasteiger partial charge >= 0.3 is 0 Å². The molecule has 2 aromatic rings. The van der Waals surface area contributed by atoms with E-state index in [1.54, 1.807) is 6.07 Å². The fraction of sp³-hybridized carbons (Fsp3) is 0.100. The number of methoxy groups -OCH3 is 1. The van der Waals surface area contributed by atoms with Crippen LogP contribution in [0.15, 0.2) is 18.7 Å². The Morgan fingerprint density at radius 3 is 2.88 bits per heavy atom. The van der Waals surface area contributed by atoms with Gasteiger partial charge in [-0.05, 0) is 6.07 Å². The van der Waals surface area contributed by atoms with Crippen LogP contribution in [0.4, 0.5) is 4.39 Å². The van der Waals surface area contributed by atoms with Gasteiger partial charge < -0.3 is 4.74 Å². The van der Waals surface area contributed by atoms with Gasteiger partial charge in [-0.1, -0.05) is 11.6 Å². The number of nitrogens with zero attached hydrogens (tertiary/aromatic N) is 4. The van der Waals surface area contributed by atoms with Gasteiger partial charge in [0.25, 0.3) is 0 Å². The molecule has 0 radical (unpaired) electrons. The highest BCUT2D eigenvalue weighted by molar-refractivity contribution is 6.34. The summed E-state index contributed by atoms with van der Waals surface area (Å²) in [4.78, 5) is 3.70. The van der Waals surface area contributed by atoms with E-state index in [0.29, 0.717) is 0 Å². The third kappa shape index (κ3) is 1.81. The van der Waals surface area contributed by atoms with E-state index in [9.17, 15) is 4.39 Å². The standard InChI is InChI=1S/C10H6ClFN4O/c1-17-10-6(3-13)2-7(12)9(8(10)11)16-5-14-4-15-16/h2,4-5H,1H3. The van der Waals surface area contributed by atoms with Crippen molar-refractivity contribution in [3.63, 3.8) is 0 Å². The van der Waals surface area contributed by atoms with E-state index in [2.05, 4.69) is 10.1 Å². The van der Waals surface area contributed by atoms with Gasteiger partial charge in [-0.25, -0.2) is 14.1 Å². The first-order chi connectivity index (χ1) is 8.19. The second-order valence-corrected chi connectivity index (χ2v) is 3.43. The molecule has 0 saturated carbocycles. The van der Waals surface area contributed by atoms with Gasteiger partial charge in [0.05, 0.1) is 12.7 Å². The van der Waals surface area contributed by atoms with E-state index >= 15 is 0 Å². The van der Waals surface area contributed by atoms with Crippen LogP contribution in [0.25, 0.3) is 5.69 Å². The molecule has 0 bridgehead atoms. The molecule has 0 N–H and O–H groups in total. The lowest BCUT2D eigenvalue weighted by atomic mass is 10.2. The maximum absolute atomic E-state index is 13.8. The molecular weight excluding hydrogens is 247 g/mol. The molecule has 0 aliphatic heterocycles. The summed E-state index contributed by atoms with van der Waals surface area (Å²) in [6.45, 7) is 0. The Bertz CT molecular complexity index is 591. The summed E-state index contributed by atoms with van der Waals surface area (Å²) in [7, 11) is 1.35. The second kappa shape index (κ2) is 4.39. The van der Waals surface area contributed by atoms with Gasteiger partial charge in [-0.3, -0.25) is 0 Å². The third-order valence-corrected chi connectivity index (χ3v) is 2.47. The van der Waals surface area contributed by atoms with Gasteiger partial charge in [-0.2, -0.15) is 10.4 Å². The van der Waals surface area contributed by atoms with Crippen molar-refractivity contribution in [2.75, 3.05) is 7.11 Å². The fourth-order valence-corrected chi connectivity index (χ4v) is 1.76. The van der Waals surface area contributed by atoms with E-state index in [4.69, 9.17) is 21.6 Å². The minimum atomic E-state index is -0.669. The lowest BCUT2D eigenvalue weighted by Crippen LogP contribution is -2.02. The number of rotatable bonds is 2. The molecule has 86 valence electrons. The van der Waals surface area contributed by atoms with Crippen molar-refractivity contribution in [3.05, 3.63) is 35.1 Å². The highest BCUT2D eigenvalue weighted by Gasteiger charge is 2.19. The van der Waals surface area contributed by atoms with Crippen LogP contribution in [0.2, 0.25) is 5.02 Å². The molecule has 1 aromatic heterocycles. The van der Waals surface area contributed by atoms with Crippen molar-refractivity contribution in [1.29, 1.82) is 5.26 Å². The first-order valence-electron chi connectivity index (χ1n) is 4.50. The average Bonchev–Trinajstić information content (AvgIpc) is 2.82. The summed E-state index contributed by atoms with van der Waals surface area (Å²) in [5.74, 6) is -0.557. The Kier molecular flexibility index (Phi) is 2.93. The zero-order chi connectivity index (χ0) is 12.4. The van der Waals surface area contributed by atoms with Crippen LogP contribution in [0, 0.1) is 17.1 Å². The lowest BCUT2D eigenvalue weighted by Gasteiger charge is -2.10. The van der Waals surface area contributed by atoms with Gasteiger partial charge in [-0.15, -0.1) is 0 Å². The van der Waals surface area contributed by atoms with E-state index in [1.165, 1.54) is 24.4 Å². The zero-order valence-corrected chi connectivity index (χ0v) is 9.44. The van der Waals surface area contributed by atoms with Crippen LogP contribution < -0.4 is 4.74 Å². The number of nitriles is 1. The SMILES string of the molecule is COc1c(C#N)cc(F)c(-n2cncn2)c1Cl. The number of aromatic nitrogens is 3. The zero-order valence-electron chi connectivity index (χ0n) is 8.69. The van der Waals surface area contributed by atoms with Crippen LogP contribution in [-0.2, 0) is 0 Å². The number of halogens is 2. The third-order valence-electron chi connectivity index (χ3n) is 2.12. The summed E-state index contributed by atoms with van der Waals surface area (Å²) in [6.07, 6.45) is 2.55. The van der Waals surface area contributed by atoms with Crippen LogP contribution in [0.5, 0.6) is 5.75 Å². The summed E-state index contributed by atoms with van der Waals surface area (Å²) >= 11 is 5.98. The quantitative estimate of drug-likeness (QED) is 0.819. The van der Waals surface area contributed by atoms with Gasteiger partial charge in [0, 0.05) is 0 Å². The molecule has 0 saturated heterocycles. The predicted octanol–water partition coefficient (Wildman–Crippen LogP) is 1.94. The minimum absolute atomic E-state index is 0.0000154. The summed E-state index contributed by atoms with van der Waals surface area (Å²) < 4.78 is 19.9. The van der Waals surface area contributed by atoms with Crippen LogP contribution in [0.1, 0.15) is 5.56 Å². The first kappa shape index (κ1) is 11.4. The van der Waals surface area contributed by atoms with E-state index in [-0.39, 0.29) is 22.0 Å². The molecule has 0 amide bonds. The molecule has 0 unspecified atom stereocenters. The Morgan fingerprint density at radius 1 is 1.59 bits per heavy atom. The average molecular weight is 253 g/mol. The molecule has 0 spiro atoms. The number of hydrogen-bond acceptors (Lipinski definition) is 4. The van der Waals surface area contributed by atoms with Crippen LogP contribution in [-0.4, -0.2) is 21.9 Å². The normalized spacial score (nSPS) is 10.0. The molecule has 0 fully saturated rings. The van der Waals surface area contributed by atoms with E-state index in [1.807, 2.05) is 0 Å². The van der Waals surface area contributed by atoms with Crippen molar-refractivity contribution >= 4 is 11.6 Å². The number of benzene rings is 1. The Balaban J connectivity index is 2.74. The van der Waals surface area contributed by atoms with Crippen LogP contribution in [0.3, 0.4) is 0 Å². The van der Waals surface area contributed by atoms with Crippen molar-refractivity contribution in [2.45, 2.75) is 0 Å². The lowest BCUT2D eigenvalue weighted by molar-refractivity contribution is 0.412. The van der Waals surface area contributed by atoms with Gasteiger partial charge in [0.15, 0.2) is 11.6 Å². The predicted molar refractivity (Wildman–Crippen MR) is 57.6 cm³/mol. The Morgan fingerprint density at radius 2 is 2.35 bits per heavy atom. The molecule has 0 aliphatic carbocycles. The minimum Gasteiger partial charge on any atom is -0.494 e. The molecule has 7 heteroatoms. The fourth-order valence-electron chi connectivity index (χ4n) is 1.41. The molecule has 1 aromatic carbocycles. The first-order valence-corrected chi connectivity index (χ1v) is 4.88. The smallest absolute Gasteiger partial charge is 0.157 e. The maximum Gasteiger partial charge on any atom is 0.157 e. The van der Waals surface area contributed by atoms with Gasteiger partial charge in [0.1, 0.15) is 29.4 Å². The molecule has 1 heterocycles. The van der Waals surface area contributed by atoms with Crippen LogP contribution >= 0.6 is 11.6 Å². The Labute approximate surface area is 101 Å². The summed E-state index contributed by atoms with van der Waals surface area (Å²) in [5, 5.41) is 12.6. The molecule has 0 atom stereocenters. The Hall–Kier alpha value is -2.13. The van der Waals surface area contributed by atoms with Gasteiger partial charge in [0.2, 0.25) is 0 Å². The molecule has 2 rings (SSSR count). The molecule has 17 heavy (non-hydrogen) atoms. The molecular formula is C10H6ClFN4O. The largest absolute Gasteiger partial charge is 0.494 e. The van der Waals surface area contributed by atoms with Crippen molar-refractivity contribution in [3.8, 4) is 17.5 Å². The van der Waals surface area contributed by atoms with Crippen molar-refractivity contribution < 1.29 is 9.13 Å². The molecule has 0 aliphatic rings. The monoisotopic (exact) mass is 252 g/mol. The molecule has 5 nitrogen and oxygen atoms in total. The highest BCUT2D eigenvalue weighted by atomic mass is 35.5. The summed E-state index contributed by atoms with van der Waals surface area (Å²) in [5.41, 5.74) is 0.0267. The van der Waals surface area contributed by atoms with E-state index in [0.717, 1.165) is 6.07 Å². The van der Waals surface area contributed by atoms with Crippen molar-refractivity contribution in [2.24, 2.45) is 0 Å². The maximum atomic E-state index is 13.8. The van der Waals surface area contributed by atoms with E-state index < -0.39 is 5.82 Å². The number of ether oxygens (including phenoxy) is 1. The summed E-state index contributed by atoms with van der Waals surface area (Å²) in [6, 6.07) is 2.85. The highest BCUT2D eigenvalue weighted by Crippen LogP contribution is 2.35. The van der Waals surface area contributed by atoms with Crippen molar-refractivity contribution in [1.82, 2.24) is 14.8 Å². The topological polar surface area (TPSA) is 63.7 Å². The second-order valence-electron chi connectivity index (χ2n) is 3.05.